The normalized spacial score (nSPS) is 31.6. The number of aliphatic hydroxyl groups is 1. The van der Waals surface area contributed by atoms with Gasteiger partial charge in [-0.1, -0.05) is 32.9 Å². The van der Waals surface area contributed by atoms with Gasteiger partial charge in [-0.15, -0.1) is 0 Å². The van der Waals surface area contributed by atoms with Crippen LogP contribution in [0.1, 0.15) is 68.7 Å². The Morgan fingerprint density at radius 3 is 2.79 bits per heavy atom. The summed E-state index contributed by atoms with van der Waals surface area (Å²) < 4.78 is 5.25. The quantitative estimate of drug-likeness (QED) is 0.775. The predicted molar refractivity (Wildman–Crippen MR) is 89.8 cm³/mol. The minimum Gasteiger partial charge on any atom is -0.507 e. The molecule has 1 aliphatic heterocycles. The Morgan fingerprint density at radius 2 is 2.08 bits per heavy atom. The minimum atomic E-state index is -0.753. The lowest BCUT2D eigenvalue weighted by atomic mass is 9.56. The summed E-state index contributed by atoms with van der Waals surface area (Å²) >= 11 is 0. The van der Waals surface area contributed by atoms with Gasteiger partial charge in [0.15, 0.2) is 0 Å². The summed E-state index contributed by atoms with van der Waals surface area (Å²) in [6, 6.07) is 4.02. The molecule has 0 spiro atoms. The molecule has 4 heteroatoms. The number of rotatable bonds is 1. The van der Waals surface area contributed by atoms with E-state index in [0.29, 0.717) is 18.6 Å². The molecule has 0 fully saturated rings. The van der Waals surface area contributed by atoms with Gasteiger partial charge in [-0.2, -0.15) is 0 Å². The molecule has 3 aliphatic rings. The Balaban J connectivity index is 1.90. The van der Waals surface area contributed by atoms with Gasteiger partial charge >= 0.3 is 5.97 Å². The number of carbonyl (C=O) groups excluding carboxylic acids is 1. The molecule has 3 atom stereocenters. The van der Waals surface area contributed by atoms with Crippen molar-refractivity contribution >= 4 is 5.97 Å². The van der Waals surface area contributed by atoms with Gasteiger partial charge in [0.1, 0.15) is 12.4 Å². The van der Waals surface area contributed by atoms with Crippen molar-refractivity contribution < 1.29 is 19.7 Å². The Bertz CT molecular complexity index is 761. The van der Waals surface area contributed by atoms with E-state index in [0.717, 1.165) is 35.1 Å². The van der Waals surface area contributed by atoms with Gasteiger partial charge in [0.2, 0.25) is 0 Å². The fraction of sp³-hybridized carbons (Fsp3) is 0.550. The Hall–Kier alpha value is -1.81. The van der Waals surface area contributed by atoms with Gasteiger partial charge in [0, 0.05) is 22.5 Å². The molecule has 0 saturated heterocycles. The number of carbonyl (C=O) groups is 1. The lowest BCUT2D eigenvalue weighted by Gasteiger charge is -2.47. The van der Waals surface area contributed by atoms with E-state index in [-0.39, 0.29) is 29.0 Å². The highest BCUT2D eigenvalue weighted by molar-refractivity contribution is 5.93. The van der Waals surface area contributed by atoms with Crippen molar-refractivity contribution in [1.82, 2.24) is 0 Å². The average molecular weight is 328 g/mol. The molecule has 4 rings (SSSR count). The molecule has 0 radical (unpaired) electrons. The van der Waals surface area contributed by atoms with Crippen molar-refractivity contribution in [2.75, 3.05) is 6.61 Å². The maximum Gasteiger partial charge on any atom is 0.334 e. The van der Waals surface area contributed by atoms with E-state index in [9.17, 15) is 15.0 Å². The fourth-order valence-corrected chi connectivity index (χ4v) is 4.92. The van der Waals surface area contributed by atoms with Gasteiger partial charge in [-0.05, 0) is 41.9 Å². The van der Waals surface area contributed by atoms with Crippen LogP contribution in [0.25, 0.3) is 0 Å². The van der Waals surface area contributed by atoms with Gasteiger partial charge in [0.25, 0.3) is 0 Å². The first-order chi connectivity index (χ1) is 11.3. The monoisotopic (exact) mass is 328 g/mol. The lowest BCUT2D eigenvalue weighted by Crippen LogP contribution is -2.43. The third-order valence-corrected chi connectivity index (χ3v) is 6.32. The van der Waals surface area contributed by atoms with E-state index in [4.69, 9.17) is 4.74 Å². The fourth-order valence-electron chi connectivity index (χ4n) is 4.92. The van der Waals surface area contributed by atoms with Gasteiger partial charge in [-0.3, -0.25) is 0 Å². The zero-order valence-corrected chi connectivity index (χ0v) is 14.4. The van der Waals surface area contributed by atoms with Crippen LogP contribution in [0, 0.1) is 5.92 Å². The topological polar surface area (TPSA) is 66.8 Å². The summed E-state index contributed by atoms with van der Waals surface area (Å²) in [5.74, 6) is 0.157. The summed E-state index contributed by atoms with van der Waals surface area (Å²) in [6.07, 6.45) is 1.47. The summed E-state index contributed by atoms with van der Waals surface area (Å²) in [5, 5.41) is 21.5. The van der Waals surface area contributed by atoms with Crippen molar-refractivity contribution in [1.29, 1.82) is 0 Å². The van der Waals surface area contributed by atoms with Crippen molar-refractivity contribution in [3.63, 3.8) is 0 Å². The molecule has 0 aromatic heterocycles. The number of fused-ring (bicyclic) bond motifs is 4. The number of phenols is 1. The van der Waals surface area contributed by atoms with Crippen LogP contribution >= 0.6 is 0 Å². The summed E-state index contributed by atoms with van der Waals surface area (Å²) in [7, 11) is 0. The molecule has 128 valence electrons. The lowest BCUT2D eigenvalue weighted by molar-refractivity contribution is -0.136. The molecular weight excluding hydrogens is 304 g/mol. The Kier molecular flexibility index (Phi) is 3.33. The van der Waals surface area contributed by atoms with Crippen LogP contribution < -0.4 is 0 Å². The second-order valence-electron chi connectivity index (χ2n) is 7.93. The third-order valence-electron chi connectivity index (χ3n) is 6.32. The van der Waals surface area contributed by atoms with E-state index in [2.05, 4.69) is 6.92 Å². The van der Waals surface area contributed by atoms with Crippen LogP contribution in [0.4, 0.5) is 0 Å². The first-order valence-electron chi connectivity index (χ1n) is 8.78. The summed E-state index contributed by atoms with van der Waals surface area (Å²) in [5.41, 5.74) is 4.15. The predicted octanol–water partition coefficient (Wildman–Crippen LogP) is 3.47. The van der Waals surface area contributed by atoms with Crippen molar-refractivity contribution in [3.05, 3.63) is 40.0 Å². The largest absolute Gasteiger partial charge is 0.507 e. The number of phenolic OH excluding ortho intramolecular Hbond substituents is 1. The highest BCUT2D eigenvalue weighted by Gasteiger charge is 2.52. The smallest absolute Gasteiger partial charge is 0.334 e. The molecule has 0 amide bonds. The van der Waals surface area contributed by atoms with Crippen LogP contribution in [-0.2, 0) is 14.9 Å². The average Bonchev–Trinajstić information content (AvgIpc) is 2.90. The standard InChI is InChI=1S/C20H24O4/c1-10(2)12-4-5-13-17(18(12)22)15(21)8-14-16-11(9-24-19(16)23)6-7-20(13,14)3/h4-5,10,14-15,21-22H,6-9H2,1-3H3/t14-,15-,20+/m0/s1. The molecule has 1 aromatic carbocycles. The van der Waals surface area contributed by atoms with Crippen LogP contribution in [-0.4, -0.2) is 22.8 Å². The van der Waals surface area contributed by atoms with Crippen LogP contribution in [0.15, 0.2) is 23.3 Å². The number of hydrogen-bond donors (Lipinski definition) is 2. The number of hydrogen-bond acceptors (Lipinski definition) is 4. The molecular formula is C20H24O4. The van der Waals surface area contributed by atoms with E-state index < -0.39 is 6.10 Å². The minimum absolute atomic E-state index is 0.0388. The van der Waals surface area contributed by atoms with Crippen molar-refractivity contribution in [3.8, 4) is 5.75 Å². The number of cyclic esters (lactones) is 1. The van der Waals surface area contributed by atoms with Crippen molar-refractivity contribution in [2.24, 2.45) is 5.92 Å². The Morgan fingerprint density at radius 1 is 1.33 bits per heavy atom. The highest BCUT2D eigenvalue weighted by Crippen LogP contribution is 2.57. The first-order valence-corrected chi connectivity index (χ1v) is 8.78. The molecule has 24 heavy (non-hydrogen) atoms. The molecule has 4 nitrogen and oxygen atoms in total. The molecule has 2 N–H and O–H groups in total. The second kappa shape index (κ2) is 5.09. The SMILES string of the molecule is CC(C)c1ccc2c(c1O)[C@@H](O)C[C@H]1C3=C(CC[C@]21C)COC3=O. The Labute approximate surface area is 142 Å². The summed E-state index contributed by atoms with van der Waals surface area (Å²) in [4.78, 5) is 12.2. The molecule has 2 aliphatic carbocycles. The van der Waals surface area contributed by atoms with E-state index >= 15 is 0 Å². The van der Waals surface area contributed by atoms with Crippen LogP contribution in [0.5, 0.6) is 5.75 Å². The summed E-state index contributed by atoms with van der Waals surface area (Å²) in [6.45, 7) is 6.63. The van der Waals surface area contributed by atoms with E-state index in [1.165, 1.54) is 0 Å². The zero-order chi connectivity index (χ0) is 17.2. The third kappa shape index (κ3) is 1.92. The molecule has 1 aromatic rings. The number of esters is 1. The number of aliphatic hydroxyl groups excluding tert-OH is 1. The maximum atomic E-state index is 12.2. The number of benzene rings is 1. The van der Waals surface area contributed by atoms with E-state index in [1.807, 2.05) is 26.0 Å². The number of ether oxygens (including phenoxy) is 1. The molecule has 0 unspecified atom stereocenters. The number of aromatic hydroxyl groups is 1. The van der Waals surface area contributed by atoms with Crippen LogP contribution in [0.3, 0.4) is 0 Å². The van der Waals surface area contributed by atoms with Gasteiger partial charge < -0.3 is 14.9 Å². The highest BCUT2D eigenvalue weighted by atomic mass is 16.5. The first kappa shape index (κ1) is 15.7. The molecule has 0 saturated carbocycles. The van der Waals surface area contributed by atoms with E-state index in [1.54, 1.807) is 0 Å². The van der Waals surface area contributed by atoms with Gasteiger partial charge in [0.05, 0.1) is 6.10 Å². The van der Waals surface area contributed by atoms with Gasteiger partial charge in [-0.25, -0.2) is 4.79 Å². The molecule has 1 heterocycles. The van der Waals surface area contributed by atoms with Crippen molar-refractivity contribution in [2.45, 2.75) is 57.5 Å². The van der Waals surface area contributed by atoms with Crippen LogP contribution in [0.2, 0.25) is 0 Å². The maximum absolute atomic E-state index is 12.2. The second-order valence-corrected chi connectivity index (χ2v) is 7.93. The molecule has 0 bridgehead atoms. The zero-order valence-electron chi connectivity index (χ0n) is 14.4.